The maximum absolute atomic E-state index is 10.7. The average molecular weight is 264 g/mol. The van der Waals surface area contributed by atoms with Gasteiger partial charge in [0.15, 0.2) is 0 Å². The van der Waals surface area contributed by atoms with Crippen molar-refractivity contribution in [1.82, 2.24) is 5.32 Å². The first kappa shape index (κ1) is 13.7. The second-order valence-electron chi connectivity index (χ2n) is 5.01. The van der Waals surface area contributed by atoms with E-state index in [0.717, 1.165) is 25.0 Å². The van der Waals surface area contributed by atoms with Crippen LogP contribution in [0, 0.1) is 5.92 Å². The van der Waals surface area contributed by atoms with E-state index in [9.17, 15) is 4.79 Å². The van der Waals surface area contributed by atoms with Gasteiger partial charge in [-0.1, -0.05) is 18.2 Å². The van der Waals surface area contributed by atoms with E-state index in [4.69, 9.17) is 15.6 Å². The first-order chi connectivity index (χ1) is 9.15. The lowest BCUT2D eigenvalue weighted by Gasteiger charge is -2.33. The minimum Gasteiger partial charge on any atom is -0.493 e. The Labute approximate surface area is 112 Å². The maximum atomic E-state index is 10.7. The van der Waals surface area contributed by atoms with Gasteiger partial charge in [-0.2, -0.15) is 0 Å². The van der Waals surface area contributed by atoms with Crippen LogP contribution in [-0.2, 0) is 0 Å². The lowest BCUT2D eigenvalue weighted by Crippen LogP contribution is -2.46. The van der Waals surface area contributed by atoms with Crippen LogP contribution < -0.4 is 15.8 Å². The molecule has 2 rings (SSSR count). The lowest BCUT2D eigenvalue weighted by atomic mass is 9.82. The van der Waals surface area contributed by atoms with Crippen molar-refractivity contribution < 1.29 is 14.6 Å². The van der Waals surface area contributed by atoms with E-state index in [2.05, 4.69) is 5.32 Å². The Morgan fingerprint density at radius 3 is 2.79 bits per heavy atom. The number of carboxylic acid groups (broad SMARTS) is 1. The fourth-order valence-corrected chi connectivity index (χ4v) is 2.50. The molecular weight excluding hydrogens is 244 g/mol. The zero-order valence-corrected chi connectivity index (χ0v) is 10.8. The smallest absolute Gasteiger partial charge is 0.404 e. The molecule has 5 heteroatoms. The summed E-state index contributed by atoms with van der Waals surface area (Å²) < 4.78 is 5.71. The van der Waals surface area contributed by atoms with E-state index in [1.54, 1.807) is 0 Å². The quantitative estimate of drug-likeness (QED) is 0.774. The normalized spacial score (nSPS) is 26.7. The molecule has 0 aliphatic heterocycles. The number of nitrogens with one attached hydrogen (secondary N) is 1. The van der Waals surface area contributed by atoms with Crippen molar-refractivity contribution in [3.8, 4) is 5.75 Å². The van der Waals surface area contributed by atoms with E-state index < -0.39 is 6.09 Å². The second kappa shape index (κ2) is 6.43. The van der Waals surface area contributed by atoms with Gasteiger partial charge in [-0.3, -0.25) is 0 Å². The summed E-state index contributed by atoms with van der Waals surface area (Å²) in [5.74, 6) is 1.01. The molecule has 0 aromatic heterocycles. The number of para-hydroxylation sites is 1. The van der Waals surface area contributed by atoms with Gasteiger partial charge in [-0.15, -0.1) is 0 Å². The van der Waals surface area contributed by atoms with Gasteiger partial charge in [0, 0.05) is 18.0 Å². The van der Waals surface area contributed by atoms with Crippen molar-refractivity contribution >= 4 is 6.09 Å². The highest BCUT2D eigenvalue weighted by atomic mass is 16.5. The zero-order chi connectivity index (χ0) is 13.7. The van der Waals surface area contributed by atoms with Gasteiger partial charge in [0.25, 0.3) is 0 Å². The van der Waals surface area contributed by atoms with Crippen LogP contribution in [0.3, 0.4) is 0 Å². The van der Waals surface area contributed by atoms with E-state index in [1.165, 1.54) is 0 Å². The van der Waals surface area contributed by atoms with Gasteiger partial charge in [-0.05, 0) is 31.4 Å². The number of nitrogens with two attached hydrogens (primary N) is 1. The van der Waals surface area contributed by atoms with Crippen LogP contribution in [0.1, 0.15) is 19.3 Å². The summed E-state index contributed by atoms with van der Waals surface area (Å²) in [5.41, 5.74) is 6.08. The highest BCUT2D eigenvalue weighted by Gasteiger charge is 2.29. The third kappa shape index (κ3) is 4.13. The molecule has 0 spiro atoms. The first-order valence-corrected chi connectivity index (χ1v) is 6.58. The molecule has 104 valence electrons. The van der Waals surface area contributed by atoms with Crippen molar-refractivity contribution in [3.05, 3.63) is 30.3 Å². The molecule has 0 radical (unpaired) electrons. The van der Waals surface area contributed by atoms with Crippen LogP contribution in [0.25, 0.3) is 0 Å². The molecule has 3 atom stereocenters. The van der Waals surface area contributed by atoms with Crippen molar-refractivity contribution in [2.24, 2.45) is 11.7 Å². The van der Waals surface area contributed by atoms with Crippen LogP contribution in [0.5, 0.6) is 5.75 Å². The highest BCUT2D eigenvalue weighted by molar-refractivity contribution is 5.64. The second-order valence-corrected chi connectivity index (χ2v) is 5.01. The van der Waals surface area contributed by atoms with Gasteiger partial charge in [-0.25, -0.2) is 4.79 Å². The number of hydrogen-bond acceptors (Lipinski definition) is 3. The predicted molar refractivity (Wildman–Crippen MR) is 72.2 cm³/mol. The number of rotatable bonds is 4. The van der Waals surface area contributed by atoms with E-state index in [1.807, 2.05) is 30.3 Å². The predicted octanol–water partition coefficient (Wildman–Crippen LogP) is 1.83. The number of ether oxygens (including phenoxy) is 1. The SMILES string of the molecule is N[C@H]1CCC(NC(=O)O)C[C@H]1COc1ccccc1. The summed E-state index contributed by atoms with van der Waals surface area (Å²) >= 11 is 0. The van der Waals surface area contributed by atoms with E-state index in [-0.39, 0.29) is 18.0 Å². The molecule has 4 N–H and O–H groups in total. The standard InChI is InChI=1S/C14H20N2O3/c15-13-7-6-11(16-14(17)18)8-10(13)9-19-12-4-2-1-3-5-12/h1-5,10-11,13,16H,6-9,15H2,(H,17,18)/t10-,11?,13-/m0/s1. The molecule has 19 heavy (non-hydrogen) atoms. The van der Waals surface area contributed by atoms with Crippen molar-refractivity contribution in [1.29, 1.82) is 0 Å². The molecule has 1 fully saturated rings. The summed E-state index contributed by atoms with van der Waals surface area (Å²) in [4.78, 5) is 10.7. The molecule has 1 unspecified atom stereocenters. The summed E-state index contributed by atoms with van der Waals surface area (Å²) in [7, 11) is 0. The Bertz CT molecular complexity index is 410. The zero-order valence-electron chi connectivity index (χ0n) is 10.8. The molecular formula is C14H20N2O3. The molecule has 1 aliphatic carbocycles. The largest absolute Gasteiger partial charge is 0.493 e. The molecule has 0 bridgehead atoms. The van der Waals surface area contributed by atoms with Crippen LogP contribution in [-0.4, -0.2) is 29.9 Å². The Kier molecular flexibility index (Phi) is 4.63. The summed E-state index contributed by atoms with van der Waals surface area (Å²) in [6.45, 7) is 0.531. The molecule has 1 aromatic carbocycles. The Morgan fingerprint density at radius 1 is 1.37 bits per heavy atom. The minimum absolute atomic E-state index is 0.0123. The third-order valence-corrected chi connectivity index (χ3v) is 3.58. The van der Waals surface area contributed by atoms with Crippen molar-refractivity contribution in [2.75, 3.05) is 6.61 Å². The van der Waals surface area contributed by atoms with Crippen LogP contribution >= 0.6 is 0 Å². The van der Waals surface area contributed by atoms with Crippen LogP contribution in [0.4, 0.5) is 4.79 Å². The van der Waals surface area contributed by atoms with Gasteiger partial charge in [0.1, 0.15) is 5.75 Å². The fraction of sp³-hybridized carbons (Fsp3) is 0.500. The van der Waals surface area contributed by atoms with Gasteiger partial charge in [0.2, 0.25) is 0 Å². The third-order valence-electron chi connectivity index (χ3n) is 3.58. The number of carbonyl (C=O) groups is 1. The van der Waals surface area contributed by atoms with E-state index >= 15 is 0 Å². The summed E-state index contributed by atoms with van der Waals surface area (Å²) in [5, 5.41) is 11.3. The fourth-order valence-electron chi connectivity index (χ4n) is 2.50. The molecule has 1 aliphatic rings. The Morgan fingerprint density at radius 2 is 2.11 bits per heavy atom. The van der Waals surface area contributed by atoms with Crippen molar-refractivity contribution in [3.63, 3.8) is 0 Å². The molecule has 0 saturated heterocycles. The van der Waals surface area contributed by atoms with E-state index in [0.29, 0.717) is 6.61 Å². The van der Waals surface area contributed by atoms with Crippen molar-refractivity contribution in [2.45, 2.75) is 31.3 Å². The molecule has 0 heterocycles. The average Bonchev–Trinajstić information content (AvgIpc) is 2.40. The Balaban J connectivity index is 1.85. The van der Waals surface area contributed by atoms with Crippen LogP contribution in [0.15, 0.2) is 30.3 Å². The molecule has 1 saturated carbocycles. The van der Waals surface area contributed by atoms with Gasteiger partial charge < -0.3 is 20.9 Å². The first-order valence-electron chi connectivity index (χ1n) is 6.58. The minimum atomic E-state index is -0.969. The summed E-state index contributed by atoms with van der Waals surface area (Å²) in [6.07, 6.45) is 1.40. The monoisotopic (exact) mass is 264 g/mol. The van der Waals surface area contributed by atoms with Crippen LogP contribution in [0.2, 0.25) is 0 Å². The van der Waals surface area contributed by atoms with Gasteiger partial charge in [0.05, 0.1) is 6.61 Å². The maximum Gasteiger partial charge on any atom is 0.404 e. The highest BCUT2D eigenvalue weighted by Crippen LogP contribution is 2.24. The van der Waals surface area contributed by atoms with Gasteiger partial charge >= 0.3 is 6.09 Å². The Hall–Kier alpha value is -1.75. The molecule has 1 amide bonds. The molecule has 1 aromatic rings. The lowest BCUT2D eigenvalue weighted by molar-refractivity contribution is 0.153. The molecule has 5 nitrogen and oxygen atoms in total. The number of amides is 1. The summed E-state index contributed by atoms with van der Waals surface area (Å²) in [6, 6.07) is 9.65. The topological polar surface area (TPSA) is 84.6 Å². The number of benzene rings is 1. The number of hydrogen-bond donors (Lipinski definition) is 3.